The molecule has 4 aromatic rings. The highest BCUT2D eigenvalue weighted by Crippen LogP contribution is 2.23. The van der Waals surface area contributed by atoms with Crippen LogP contribution in [-0.4, -0.2) is 32.7 Å². The Morgan fingerprint density at radius 1 is 0.500 bits per heavy atom. The summed E-state index contributed by atoms with van der Waals surface area (Å²) in [5.41, 5.74) is 0. The largest absolute Gasteiger partial charge is 0.307 e. The van der Waals surface area contributed by atoms with Crippen molar-refractivity contribution in [3.05, 3.63) is 84.9 Å². The molecule has 0 bridgehead atoms. The monoisotopic (exact) mass is 446 g/mol. The Morgan fingerprint density at radius 3 is 1.13 bits per heavy atom. The molecule has 156 valence electrons. The molecule has 0 heterocycles. The van der Waals surface area contributed by atoms with Crippen molar-refractivity contribution >= 4 is 48.6 Å². The minimum Gasteiger partial charge on any atom is -0.307 e. The molecule has 0 atom stereocenters. The summed E-state index contributed by atoms with van der Waals surface area (Å²) in [6.45, 7) is 2.00. The van der Waals surface area contributed by atoms with Gasteiger partial charge in [0.15, 0.2) is 0 Å². The number of hydrogen-bond acceptors (Lipinski definition) is 5. The second-order valence-corrected chi connectivity index (χ2v) is 8.68. The summed E-state index contributed by atoms with van der Waals surface area (Å²) < 4.78 is 61.9. The SMILES string of the molecule is C=O.O=S(=O)(O)c1cccc2ccccc12.O=S(=O)(O)c1cccc2ccccc12. The predicted molar refractivity (Wildman–Crippen MR) is 115 cm³/mol. The highest BCUT2D eigenvalue weighted by atomic mass is 32.2. The lowest BCUT2D eigenvalue weighted by molar-refractivity contribution is -0.0980. The van der Waals surface area contributed by atoms with Gasteiger partial charge in [-0.1, -0.05) is 72.8 Å². The second kappa shape index (κ2) is 9.59. The molecule has 0 aliphatic carbocycles. The van der Waals surface area contributed by atoms with Gasteiger partial charge in [0.1, 0.15) is 16.6 Å². The van der Waals surface area contributed by atoms with Gasteiger partial charge in [0, 0.05) is 10.8 Å². The molecule has 0 amide bonds. The lowest BCUT2D eigenvalue weighted by Crippen LogP contribution is -1.98. The molecule has 0 aliphatic rings. The van der Waals surface area contributed by atoms with Crippen molar-refractivity contribution < 1.29 is 30.7 Å². The van der Waals surface area contributed by atoms with Gasteiger partial charge in [-0.3, -0.25) is 9.11 Å². The fourth-order valence-electron chi connectivity index (χ4n) is 2.84. The van der Waals surface area contributed by atoms with Crippen LogP contribution < -0.4 is 0 Å². The Kier molecular flexibility index (Phi) is 7.41. The van der Waals surface area contributed by atoms with Gasteiger partial charge in [0.05, 0.1) is 0 Å². The molecule has 30 heavy (non-hydrogen) atoms. The first kappa shape index (κ1) is 23.2. The van der Waals surface area contributed by atoms with Gasteiger partial charge in [0.25, 0.3) is 20.2 Å². The number of carbonyl (C=O) groups is 1. The van der Waals surface area contributed by atoms with Crippen LogP contribution in [0, 0.1) is 0 Å². The molecule has 0 fully saturated rings. The molecule has 9 heteroatoms. The normalized spacial score (nSPS) is 11.1. The van der Waals surface area contributed by atoms with Gasteiger partial charge >= 0.3 is 0 Å². The van der Waals surface area contributed by atoms with E-state index in [1.54, 1.807) is 60.7 Å². The molecule has 0 radical (unpaired) electrons. The van der Waals surface area contributed by atoms with Gasteiger partial charge in [0.2, 0.25) is 0 Å². The number of hydrogen-bond donors (Lipinski definition) is 2. The standard InChI is InChI=1S/2C10H8O3S.CH2O/c2*11-14(12,13)10-7-3-5-8-4-1-2-6-9(8)10;1-2/h2*1-7H,(H,11,12,13);1H2. The lowest BCUT2D eigenvalue weighted by Gasteiger charge is -2.02. The van der Waals surface area contributed by atoms with Gasteiger partial charge in [-0.15, -0.1) is 0 Å². The van der Waals surface area contributed by atoms with E-state index in [-0.39, 0.29) is 9.79 Å². The molecular formula is C21H18O7S2. The van der Waals surface area contributed by atoms with E-state index < -0.39 is 20.2 Å². The molecule has 0 unspecified atom stereocenters. The van der Waals surface area contributed by atoms with Crippen LogP contribution in [-0.2, 0) is 25.0 Å². The predicted octanol–water partition coefficient (Wildman–Crippen LogP) is 3.99. The maximum absolute atomic E-state index is 11.0. The van der Waals surface area contributed by atoms with Crippen LogP contribution >= 0.6 is 0 Å². The van der Waals surface area contributed by atoms with Crippen LogP contribution in [0.25, 0.3) is 21.5 Å². The first-order valence-electron chi connectivity index (χ1n) is 8.37. The molecule has 0 saturated heterocycles. The minimum atomic E-state index is -4.13. The van der Waals surface area contributed by atoms with Crippen molar-refractivity contribution in [1.82, 2.24) is 0 Å². The highest BCUT2D eigenvalue weighted by Gasteiger charge is 2.13. The Morgan fingerprint density at radius 2 is 0.800 bits per heavy atom. The smallest absolute Gasteiger partial charge is 0.295 e. The maximum Gasteiger partial charge on any atom is 0.295 e. The zero-order valence-electron chi connectivity index (χ0n) is 15.5. The highest BCUT2D eigenvalue weighted by molar-refractivity contribution is 7.86. The Hall–Kier alpha value is -3.11. The minimum absolute atomic E-state index is 0.0457. The van der Waals surface area contributed by atoms with Gasteiger partial charge < -0.3 is 4.79 Å². The Balaban J connectivity index is 0.000000197. The molecule has 4 aromatic carbocycles. The van der Waals surface area contributed by atoms with E-state index in [1.165, 1.54) is 12.1 Å². The van der Waals surface area contributed by atoms with Gasteiger partial charge in [-0.2, -0.15) is 16.8 Å². The van der Waals surface area contributed by atoms with E-state index >= 15 is 0 Å². The van der Waals surface area contributed by atoms with Crippen molar-refractivity contribution in [2.24, 2.45) is 0 Å². The molecular weight excluding hydrogens is 428 g/mol. The van der Waals surface area contributed by atoms with E-state index in [4.69, 9.17) is 13.9 Å². The Bertz CT molecular complexity index is 1260. The van der Waals surface area contributed by atoms with Crippen LogP contribution in [0.1, 0.15) is 0 Å². The van der Waals surface area contributed by atoms with E-state index in [9.17, 15) is 16.8 Å². The van der Waals surface area contributed by atoms with Crippen molar-refractivity contribution in [3.8, 4) is 0 Å². The third kappa shape index (κ3) is 5.49. The number of benzene rings is 4. The van der Waals surface area contributed by atoms with E-state index in [2.05, 4.69) is 0 Å². The molecule has 0 aliphatic heterocycles. The van der Waals surface area contributed by atoms with Crippen molar-refractivity contribution in [3.63, 3.8) is 0 Å². The molecule has 2 N–H and O–H groups in total. The van der Waals surface area contributed by atoms with Crippen molar-refractivity contribution in [1.29, 1.82) is 0 Å². The zero-order valence-corrected chi connectivity index (χ0v) is 17.2. The van der Waals surface area contributed by atoms with Crippen LogP contribution in [0.2, 0.25) is 0 Å². The average molecular weight is 447 g/mol. The van der Waals surface area contributed by atoms with Crippen molar-refractivity contribution in [2.45, 2.75) is 9.79 Å². The van der Waals surface area contributed by atoms with Gasteiger partial charge in [-0.25, -0.2) is 0 Å². The first-order valence-corrected chi connectivity index (χ1v) is 11.3. The quantitative estimate of drug-likeness (QED) is 0.446. The average Bonchev–Trinajstić information content (AvgIpc) is 2.73. The van der Waals surface area contributed by atoms with Crippen LogP contribution in [0.5, 0.6) is 0 Å². The molecule has 0 saturated carbocycles. The van der Waals surface area contributed by atoms with E-state index in [1.807, 2.05) is 18.9 Å². The summed E-state index contributed by atoms with van der Waals surface area (Å²) in [6.07, 6.45) is 0. The fourth-order valence-corrected chi connectivity index (χ4v) is 4.27. The lowest BCUT2D eigenvalue weighted by atomic mass is 10.1. The van der Waals surface area contributed by atoms with Crippen molar-refractivity contribution in [2.75, 3.05) is 0 Å². The zero-order chi connectivity index (χ0) is 22.4. The summed E-state index contributed by atoms with van der Waals surface area (Å²) in [5, 5.41) is 2.67. The topological polar surface area (TPSA) is 126 Å². The van der Waals surface area contributed by atoms with E-state index in [0.29, 0.717) is 10.8 Å². The number of rotatable bonds is 2. The summed E-state index contributed by atoms with van der Waals surface area (Å²) >= 11 is 0. The number of carbonyl (C=O) groups excluding carboxylic acids is 1. The molecule has 0 spiro atoms. The summed E-state index contributed by atoms with van der Waals surface area (Å²) in [5.74, 6) is 0. The maximum atomic E-state index is 11.0. The molecule has 4 rings (SSSR count). The molecule has 7 nitrogen and oxygen atoms in total. The van der Waals surface area contributed by atoms with Crippen LogP contribution in [0.3, 0.4) is 0 Å². The van der Waals surface area contributed by atoms with E-state index in [0.717, 1.165) is 10.8 Å². The third-order valence-electron chi connectivity index (χ3n) is 4.06. The fraction of sp³-hybridized carbons (Fsp3) is 0. The third-order valence-corrected chi connectivity index (χ3v) is 5.88. The molecule has 0 aromatic heterocycles. The summed E-state index contributed by atoms with van der Waals surface area (Å²) in [7, 11) is -8.26. The number of fused-ring (bicyclic) bond motifs is 2. The van der Waals surface area contributed by atoms with Crippen LogP contribution in [0.4, 0.5) is 0 Å². The van der Waals surface area contributed by atoms with Gasteiger partial charge in [-0.05, 0) is 22.9 Å². The Labute approximate surface area is 174 Å². The summed E-state index contributed by atoms with van der Waals surface area (Å²) in [6, 6.07) is 23.6. The first-order chi connectivity index (χ1) is 14.2. The van der Waals surface area contributed by atoms with Crippen LogP contribution in [0.15, 0.2) is 94.7 Å². The summed E-state index contributed by atoms with van der Waals surface area (Å²) in [4.78, 5) is 7.91. The second-order valence-electron chi connectivity index (χ2n) is 5.90.